The predicted octanol–water partition coefficient (Wildman–Crippen LogP) is 1.19. The molecule has 0 spiro atoms. The van der Waals surface area contributed by atoms with Gasteiger partial charge < -0.3 is 5.73 Å². The maximum atomic E-state index is 11.4. The van der Waals surface area contributed by atoms with Crippen molar-refractivity contribution in [3.05, 3.63) is 0 Å². The fourth-order valence-electron chi connectivity index (χ4n) is 1.26. The summed E-state index contributed by atoms with van der Waals surface area (Å²) in [6.07, 6.45) is 3.48. The van der Waals surface area contributed by atoms with Gasteiger partial charge in [-0.3, -0.25) is 4.79 Å². The Morgan fingerprint density at radius 1 is 1.64 bits per heavy atom. The van der Waals surface area contributed by atoms with Gasteiger partial charge in [0.15, 0.2) is 5.78 Å². The molecule has 0 radical (unpaired) electrons. The predicted molar refractivity (Wildman–Crippen MR) is 48.8 cm³/mol. The third kappa shape index (κ3) is 2.49. The van der Waals surface area contributed by atoms with Gasteiger partial charge in [0.1, 0.15) is 0 Å². The standard InChI is InChI=1S/C8H15NOS/c1-6(9)8(10)7-4-2-3-5-11-7/h6-7H,2-5,9H2,1H3. The molecule has 1 rings (SSSR count). The second-order valence-electron chi connectivity index (χ2n) is 3.05. The highest BCUT2D eigenvalue weighted by Crippen LogP contribution is 2.25. The van der Waals surface area contributed by atoms with Crippen molar-refractivity contribution in [3.8, 4) is 0 Å². The van der Waals surface area contributed by atoms with Crippen LogP contribution >= 0.6 is 11.8 Å². The summed E-state index contributed by atoms with van der Waals surface area (Å²) >= 11 is 1.77. The molecular formula is C8H15NOS. The lowest BCUT2D eigenvalue weighted by molar-refractivity contribution is -0.119. The molecule has 0 aromatic rings. The number of Topliss-reactive ketones (excluding diaryl/α,β-unsaturated/α-hetero) is 1. The van der Waals surface area contributed by atoms with Gasteiger partial charge in [0.05, 0.1) is 11.3 Å². The van der Waals surface area contributed by atoms with Crippen LogP contribution in [0.5, 0.6) is 0 Å². The van der Waals surface area contributed by atoms with Crippen molar-refractivity contribution in [1.29, 1.82) is 0 Å². The summed E-state index contributed by atoms with van der Waals surface area (Å²) in [5.74, 6) is 1.36. The second-order valence-corrected chi connectivity index (χ2v) is 4.36. The first-order chi connectivity index (χ1) is 5.22. The lowest BCUT2D eigenvalue weighted by Crippen LogP contribution is -2.35. The number of hydrogen-bond acceptors (Lipinski definition) is 3. The quantitative estimate of drug-likeness (QED) is 0.682. The Kier molecular flexibility index (Phi) is 3.40. The van der Waals surface area contributed by atoms with Crippen LogP contribution in [0.25, 0.3) is 0 Å². The van der Waals surface area contributed by atoms with Gasteiger partial charge in [-0.15, -0.1) is 0 Å². The molecule has 1 saturated heterocycles. The van der Waals surface area contributed by atoms with Gasteiger partial charge in [-0.25, -0.2) is 0 Å². The van der Waals surface area contributed by atoms with Crippen molar-refractivity contribution < 1.29 is 4.79 Å². The van der Waals surface area contributed by atoms with Gasteiger partial charge >= 0.3 is 0 Å². The van der Waals surface area contributed by atoms with E-state index in [0.29, 0.717) is 0 Å². The topological polar surface area (TPSA) is 43.1 Å². The minimum atomic E-state index is -0.273. The molecule has 64 valence electrons. The van der Waals surface area contributed by atoms with Crippen LogP contribution in [0.4, 0.5) is 0 Å². The van der Waals surface area contributed by atoms with Gasteiger partial charge in [0.25, 0.3) is 0 Å². The molecular weight excluding hydrogens is 158 g/mol. The van der Waals surface area contributed by atoms with Gasteiger partial charge in [-0.1, -0.05) is 6.42 Å². The Morgan fingerprint density at radius 3 is 2.82 bits per heavy atom. The zero-order chi connectivity index (χ0) is 8.27. The minimum Gasteiger partial charge on any atom is -0.322 e. The summed E-state index contributed by atoms with van der Waals surface area (Å²) in [5.41, 5.74) is 5.50. The Balaban J connectivity index is 2.39. The van der Waals surface area contributed by atoms with Crippen LogP contribution in [-0.2, 0) is 4.79 Å². The first kappa shape index (κ1) is 9.07. The number of rotatable bonds is 2. The second kappa shape index (κ2) is 4.12. The van der Waals surface area contributed by atoms with Crippen LogP contribution in [0.2, 0.25) is 0 Å². The third-order valence-corrected chi connectivity index (χ3v) is 3.34. The van der Waals surface area contributed by atoms with E-state index in [9.17, 15) is 4.79 Å². The van der Waals surface area contributed by atoms with Crippen LogP contribution in [0.15, 0.2) is 0 Å². The fraction of sp³-hybridized carbons (Fsp3) is 0.875. The van der Waals surface area contributed by atoms with Crippen molar-refractivity contribution in [2.45, 2.75) is 37.5 Å². The number of ketones is 1. The molecule has 1 aliphatic rings. The Hall–Kier alpha value is -0.0200. The highest BCUT2D eigenvalue weighted by atomic mass is 32.2. The number of nitrogens with two attached hydrogens (primary N) is 1. The number of thioether (sulfide) groups is 1. The number of hydrogen-bond donors (Lipinski definition) is 1. The Bertz CT molecular complexity index is 141. The van der Waals surface area contributed by atoms with Crippen LogP contribution in [0, 0.1) is 0 Å². The van der Waals surface area contributed by atoms with E-state index >= 15 is 0 Å². The van der Waals surface area contributed by atoms with Crippen molar-refractivity contribution >= 4 is 17.5 Å². The van der Waals surface area contributed by atoms with Crippen LogP contribution in [0.1, 0.15) is 26.2 Å². The van der Waals surface area contributed by atoms with Crippen molar-refractivity contribution in [2.75, 3.05) is 5.75 Å². The molecule has 0 amide bonds. The maximum Gasteiger partial charge on any atom is 0.162 e. The summed E-state index contributed by atoms with van der Waals surface area (Å²) in [5, 5.41) is 0.198. The third-order valence-electron chi connectivity index (χ3n) is 1.95. The first-order valence-corrected chi connectivity index (χ1v) is 5.17. The SMILES string of the molecule is CC(N)C(=O)C1CCCCS1. The summed E-state index contributed by atoms with van der Waals surface area (Å²) in [6.45, 7) is 1.78. The van der Waals surface area contributed by atoms with E-state index < -0.39 is 0 Å². The van der Waals surface area contributed by atoms with Crippen molar-refractivity contribution in [2.24, 2.45) is 5.73 Å². The Labute approximate surface area is 71.9 Å². The van der Waals surface area contributed by atoms with Gasteiger partial charge in [0.2, 0.25) is 0 Å². The molecule has 2 N–H and O–H groups in total. The highest BCUT2D eigenvalue weighted by Gasteiger charge is 2.23. The lowest BCUT2D eigenvalue weighted by atomic mass is 10.1. The molecule has 2 nitrogen and oxygen atoms in total. The lowest BCUT2D eigenvalue weighted by Gasteiger charge is -2.21. The first-order valence-electron chi connectivity index (χ1n) is 4.12. The molecule has 0 bridgehead atoms. The van der Waals surface area contributed by atoms with E-state index in [0.717, 1.165) is 12.2 Å². The van der Waals surface area contributed by atoms with Gasteiger partial charge in [0, 0.05) is 0 Å². The highest BCUT2D eigenvalue weighted by molar-refractivity contribution is 8.00. The largest absolute Gasteiger partial charge is 0.322 e. The zero-order valence-electron chi connectivity index (χ0n) is 6.88. The van der Waals surface area contributed by atoms with E-state index in [2.05, 4.69) is 0 Å². The smallest absolute Gasteiger partial charge is 0.162 e. The van der Waals surface area contributed by atoms with E-state index in [1.54, 1.807) is 18.7 Å². The molecule has 1 heterocycles. The van der Waals surface area contributed by atoms with E-state index in [4.69, 9.17) is 5.73 Å². The zero-order valence-corrected chi connectivity index (χ0v) is 7.69. The molecule has 11 heavy (non-hydrogen) atoms. The molecule has 3 heteroatoms. The summed E-state index contributed by atoms with van der Waals surface area (Å²) in [4.78, 5) is 11.4. The molecule has 2 unspecified atom stereocenters. The van der Waals surface area contributed by atoms with Crippen LogP contribution < -0.4 is 5.73 Å². The van der Waals surface area contributed by atoms with Crippen molar-refractivity contribution in [1.82, 2.24) is 0 Å². The summed E-state index contributed by atoms with van der Waals surface area (Å²) < 4.78 is 0. The monoisotopic (exact) mass is 173 g/mol. The maximum absolute atomic E-state index is 11.4. The Morgan fingerprint density at radius 2 is 2.36 bits per heavy atom. The average molecular weight is 173 g/mol. The number of carbonyl (C=O) groups excluding carboxylic acids is 1. The average Bonchev–Trinajstić information content (AvgIpc) is 2.05. The van der Waals surface area contributed by atoms with Crippen LogP contribution in [0.3, 0.4) is 0 Å². The summed E-state index contributed by atoms with van der Waals surface area (Å²) in [7, 11) is 0. The normalized spacial score (nSPS) is 28.0. The van der Waals surface area contributed by atoms with E-state index in [1.807, 2.05) is 0 Å². The van der Waals surface area contributed by atoms with Gasteiger partial charge in [-0.2, -0.15) is 11.8 Å². The minimum absolute atomic E-state index is 0.198. The molecule has 1 aliphatic heterocycles. The van der Waals surface area contributed by atoms with E-state index in [-0.39, 0.29) is 17.1 Å². The fourth-order valence-corrected chi connectivity index (χ4v) is 2.63. The van der Waals surface area contributed by atoms with Gasteiger partial charge in [-0.05, 0) is 25.5 Å². The summed E-state index contributed by atoms with van der Waals surface area (Å²) in [6, 6.07) is -0.273. The molecule has 0 saturated carbocycles. The molecule has 0 aromatic heterocycles. The van der Waals surface area contributed by atoms with E-state index in [1.165, 1.54) is 12.8 Å². The molecule has 2 atom stereocenters. The number of carbonyl (C=O) groups is 1. The van der Waals surface area contributed by atoms with Crippen molar-refractivity contribution in [3.63, 3.8) is 0 Å². The molecule has 0 aromatic carbocycles. The molecule has 1 fully saturated rings. The molecule has 0 aliphatic carbocycles. The van der Waals surface area contributed by atoms with Crippen LogP contribution in [-0.4, -0.2) is 22.8 Å².